The first-order valence-corrected chi connectivity index (χ1v) is 7.89. The van der Waals surface area contributed by atoms with Crippen molar-refractivity contribution in [1.29, 1.82) is 0 Å². The van der Waals surface area contributed by atoms with Crippen LogP contribution in [0.25, 0.3) is 0 Å². The molecule has 0 radical (unpaired) electrons. The lowest BCUT2D eigenvalue weighted by atomic mass is 9.88. The zero-order chi connectivity index (χ0) is 15.2. The number of hydrogen-bond donors (Lipinski definition) is 1. The Hall–Kier alpha value is -1.07. The minimum absolute atomic E-state index is 0. The van der Waals surface area contributed by atoms with E-state index >= 15 is 0 Å². The van der Waals surface area contributed by atoms with Crippen LogP contribution in [0.2, 0.25) is 0 Å². The normalized spacial score (nSPS) is 30.4. The van der Waals surface area contributed by atoms with Crippen LogP contribution in [0.4, 0.5) is 0 Å². The number of likely N-dealkylation sites (tertiary alicyclic amines) is 1. The third-order valence-electron chi connectivity index (χ3n) is 5.02. The molecule has 0 aromatic carbocycles. The van der Waals surface area contributed by atoms with Gasteiger partial charge in [-0.3, -0.25) is 9.48 Å². The summed E-state index contributed by atoms with van der Waals surface area (Å²) < 4.78 is 1.82. The number of carbonyl (C=O) groups excluding carboxylic acids is 1. The van der Waals surface area contributed by atoms with Crippen LogP contribution in [0.1, 0.15) is 38.7 Å². The highest BCUT2D eigenvalue weighted by molar-refractivity contribution is 5.85. The van der Waals surface area contributed by atoms with Gasteiger partial charge in [0.1, 0.15) is 0 Å². The molecule has 0 aliphatic carbocycles. The van der Waals surface area contributed by atoms with Crippen molar-refractivity contribution < 1.29 is 4.79 Å². The van der Waals surface area contributed by atoms with Crippen LogP contribution < -0.4 is 5.32 Å². The molecule has 124 valence electrons. The Morgan fingerprint density at radius 2 is 2.14 bits per heavy atom. The molecule has 3 heterocycles. The van der Waals surface area contributed by atoms with Crippen LogP contribution in [0.15, 0.2) is 12.4 Å². The number of aryl methyl sites for hydroxylation is 1. The molecule has 1 unspecified atom stereocenters. The van der Waals surface area contributed by atoms with Crippen molar-refractivity contribution in [2.24, 2.45) is 18.9 Å². The summed E-state index contributed by atoms with van der Waals surface area (Å²) in [6.45, 7) is 9.15. The number of hydrogen-bond acceptors (Lipinski definition) is 3. The highest BCUT2D eigenvalue weighted by Crippen LogP contribution is 2.37. The van der Waals surface area contributed by atoms with Gasteiger partial charge in [-0.15, -0.1) is 12.4 Å². The maximum atomic E-state index is 13.1. The third-order valence-corrected chi connectivity index (χ3v) is 5.02. The molecule has 0 spiro atoms. The molecule has 1 N–H and O–H groups in total. The van der Waals surface area contributed by atoms with Crippen LogP contribution in [-0.2, 0) is 11.8 Å². The van der Waals surface area contributed by atoms with Crippen LogP contribution in [0, 0.1) is 11.8 Å². The van der Waals surface area contributed by atoms with Gasteiger partial charge in [-0.1, -0.05) is 6.92 Å². The molecule has 6 heteroatoms. The second-order valence-corrected chi connectivity index (χ2v) is 7.39. The Bertz CT molecular complexity index is 542. The number of carbonyl (C=O) groups is 1. The average Bonchev–Trinajstić information content (AvgIpc) is 3.06. The van der Waals surface area contributed by atoms with Crippen LogP contribution >= 0.6 is 12.4 Å². The third kappa shape index (κ3) is 3.01. The van der Waals surface area contributed by atoms with E-state index in [0.717, 1.165) is 26.1 Å². The highest BCUT2D eigenvalue weighted by Gasteiger charge is 2.44. The van der Waals surface area contributed by atoms with Crippen molar-refractivity contribution >= 4 is 18.3 Å². The van der Waals surface area contributed by atoms with Gasteiger partial charge in [-0.05, 0) is 31.7 Å². The molecular weight excluding hydrogens is 300 g/mol. The Labute approximate surface area is 138 Å². The summed E-state index contributed by atoms with van der Waals surface area (Å²) in [5.41, 5.74) is 1.16. The van der Waals surface area contributed by atoms with E-state index in [4.69, 9.17) is 0 Å². The Kier molecular flexibility index (Phi) is 4.87. The summed E-state index contributed by atoms with van der Waals surface area (Å²) in [5, 5.41) is 7.65. The highest BCUT2D eigenvalue weighted by atomic mass is 35.5. The number of nitrogens with one attached hydrogen (secondary N) is 1. The average molecular weight is 327 g/mol. The van der Waals surface area contributed by atoms with Gasteiger partial charge in [-0.25, -0.2) is 0 Å². The number of rotatable bonds is 2. The summed E-state index contributed by atoms with van der Waals surface area (Å²) in [6, 6.07) is 0. The van der Waals surface area contributed by atoms with Gasteiger partial charge in [0, 0.05) is 44.3 Å². The molecule has 1 aromatic rings. The molecule has 0 saturated carbocycles. The van der Waals surface area contributed by atoms with Crippen molar-refractivity contribution in [3.8, 4) is 0 Å². The van der Waals surface area contributed by atoms with Gasteiger partial charge < -0.3 is 10.2 Å². The van der Waals surface area contributed by atoms with Crippen LogP contribution in [0.3, 0.4) is 0 Å². The fourth-order valence-electron chi connectivity index (χ4n) is 4.09. The first-order valence-electron chi connectivity index (χ1n) is 7.89. The number of amides is 1. The van der Waals surface area contributed by atoms with E-state index in [9.17, 15) is 4.79 Å². The van der Waals surface area contributed by atoms with Crippen molar-refractivity contribution in [2.75, 3.05) is 19.6 Å². The summed E-state index contributed by atoms with van der Waals surface area (Å²) in [4.78, 5) is 15.2. The summed E-state index contributed by atoms with van der Waals surface area (Å²) in [6.07, 6.45) is 5.03. The summed E-state index contributed by atoms with van der Waals surface area (Å²) in [5.74, 6) is 1.19. The number of nitrogens with zero attached hydrogens (tertiary/aromatic N) is 3. The Morgan fingerprint density at radius 3 is 2.68 bits per heavy atom. The lowest BCUT2D eigenvalue weighted by Crippen LogP contribution is -2.47. The zero-order valence-electron chi connectivity index (χ0n) is 13.9. The summed E-state index contributed by atoms with van der Waals surface area (Å²) in [7, 11) is 1.92. The van der Waals surface area contributed by atoms with E-state index in [2.05, 4.69) is 36.1 Å². The predicted molar refractivity (Wildman–Crippen MR) is 89.1 cm³/mol. The Balaban J connectivity index is 0.00000176. The maximum Gasteiger partial charge on any atom is 0.228 e. The molecule has 1 aromatic heterocycles. The van der Waals surface area contributed by atoms with E-state index in [1.54, 1.807) is 0 Å². The van der Waals surface area contributed by atoms with Crippen LogP contribution in [-0.4, -0.2) is 45.8 Å². The van der Waals surface area contributed by atoms with E-state index in [1.807, 2.05) is 24.1 Å². The molecule has 2 fully saturated rings. The Morgan fingerprint density at radius 1 is 1.41 bits per heavy atom. The standard InChI is InChI=1S/C16H26N4O.ClH/c1-11-5-16(2,3)20(9-11)15(21)14-8-17-7-13(14)12-6-18-19(4)10-12;/h6,10-11,13-14,17H,5,7-9H2,1-4H3;1H/t11?,13-,14+;/m1./s1. The van der Waals surface area contributed by atoms with Gasteiger partial charge in [0.2, 0.25) is 5.91 Å². The molecule has 1 amide bonds. The second kappa shape index (κ2) is 6.20. The van der Waals surface area contributed by atoms with Crippen molar-refractivity contribution in [2.45, 2.75) is 38.6 Å². The summed E-state index contributed by atoms with van der Waals surface area (Å²) >= 11 is 0. The van der Waals surface area contributed by atoms with Crippen molar-refractivity contribution in [3.05, 3.63) is 18.0 Å². The molecular formula is C16H27ClN4O. The number of halogens is 1. The second-order valence-electron chi connectivity index (χ2n) is 7.39. The number of aromatic nitrogens is 2. The lowest BCUT2D eigenvalue weighted by molar-refractivity contribution is -0.138. The predicted octanol–water partition coefficient (Wildman–Crippen LogP) is 1.79. The SMILES string of the molecule is CC1CN(C(=O)[C@H]2CNC[C@@H]2c2cnn(C)c2)C(C)(C)C1.Cl. The maximum absolute atomic E-state index is 13.1. The van der Waals surface area contributed by atoms with Crippen molar-refractivity contribution in [1.82, 2.24) is 20.0 Å². The molecule has 0 bridgehead atoms. The van der Waals surface area contributed by atoms with E-state index in [-0.39, 0.29) is 29.8 Å². The van der Waals surface area contributed by atoms with Gasteiger partial charge in [0.25, 0.3) is 0 Å². The minimum atomic E-state index is -0.0153. The first-order chi connectivity index (χ1) is 9.88. The van der Waals surface area contributed by atoms with E-state index in [1.165, 1.54) is 5.56 Å². The monoisotopic (exact) mass is 326 g/mol. The molecule has 2 aliphatic rings. The lowest BCUT2D eigenvalue weighted by Gasteiger charge is -2.34. The minimum Gasteiger partial charge on any atom is -0.337 e. The van der Waals surface area contributed by atoms with Gasteiger partial charge >= 0.3 is 0 Å². The topological polar surface area (TPSA) is 50.2 Å². The van der Waals surface area contributed by atoms with Crippen molar-refractivity contribution in [3.63, 3.8) is 0 Å². The zero-order valence-corrected chi connectivity index (χ0v) is 14.7. The fourth-order valence-corrected chi connectivity index (χ4v) is 4.09. The van der Waals surface area contributed by atoms with Gasteiger partial charge in [-0.2, -0.15) is 5.10 Å². The fraction of sp³-hybridized carbons (Fsp3) is 0.750. The first kappa shape index (κ1) is 17.3. The van der Waals surface area contributed by atoms with Gasteiger partial charge in [0.15, 0.2) is 0 Å². The largest absolute Gasteiger partial charge is 0.337 e. The molecule has 2 aliphatic heterocycles. The molecule has 22 heavy (non-hydrogen) atoms. The molecule has 2 saturated heterocycles. The quantitative estimate of drug-likeness (QED) is 0.901. The van der Waals surface area contributed by atoms with Crippen LogP contribution in [0.5, 0.6) is 0 Å². The smallest absolute Gasteiger partial charge is 0.228 e. The molecule has 3 atom stereocenters. The molecule has 5 nitrogen and oxygen atoms in total. The van der Waals surface area contributed by atoms with Gasteiger partial charge in [0.05, 0.1) is 12.1 Å². The van der Waals surface area contributed by atoms with E-state index in [0.29, 0.717) is 11.8 Å². The molecule has 3 rings (SSSR count). The van der Waals surface area contributed by atoms with E-state index < -0.39 is 0 Å².